The van der Waals surface area contributed by atoms with Crippen LogP contribution >= 0.6 is 0 Å². The lowest BCUT2D eigenvalue weighted by molar-refractivity contribution is -0.143. The number of piperidine rings is 1. The number of hydrogen-bond acceptors (Lipinski definition) is 3. The highest BCUT2D eigenvalue weighted by Gasteiger charge is 2.28. The number of aliphatic carboxylic acids is 1. The first-order valence-electron chi connectivity index (χ1n) is 7.29. The number of anilines is 1. The minimum absolute atomic E-state index is 0.197. The molecule has 1 atom stereocenters. The smallest absolute Gasteiger partial charge is 0.308 e. The maximum Gasteiger partial charge on any atom is 0.308 e. The highest BCUT2D eigenvalue weighted by molar-refractivity contribution is 5.97. The third-order valence-corrected chi connectivity index (χ3v) is 3.85. The molecular formula is C16H20N2O4. The van der Waals surface area contributed by atoms with E-state index in [1.54, 1.807) is 23.1 Å². The molecule has 6 heteroatoms. The van der Waals surface area contributed by atoms with Gasteiger partial charge in [0.15, 0.2) is 0 Å². The van der Waals surface area contributed by atoms with Gasteiger partial charge in [0.25, 0.3) is 5.91 Å². The molecule has 0 radical (unpaired) electrons. The van der Waals surface area contributed by atoms with E-state index < -0.39 is 11.9 Å². The summed E-state index contributed by atoms with van der Waals surface area (Å²) in [7, 11) is 0. The third-order valence-electron chi connectivity index (χ3n) is 3.85. The van der Waals surface area contributed by atoms with Gasteiger partial charge in [0, 0.05) is 31.3 Å². The van der Waals surface area contributed by atoms with Crippen molar-refractivity contribution in [2.75, 3.05) is 18.4 Å². The van der Waals surface area contributed by atoms with Crippen molar-refractivity contribution in [1.29, 1.82) is 0 Å². The number of rotatable bonds is 3. The van der Waals surface area contributed by atoms with E-state index in [1.165, 1.54) is 6.92 Å². The summed E-state index contributed by atoms with van der Waals surface area (Å²) in [5.41, 5.74) is 1.93. The number of amides is 2. The summed E-state index contributed by atoms with van der Waals surface area (Å²) in [5.74, 6) is -1.76. The molecule has 1 aromatic carbocycles. The van der Waals surface area contributed by atoms with Gasteiger partial charge in [-0.15, -0.1) is 0 Å². The zero-order valence-corrected chi connectivity index (χ0v) is 12.8. The van der Waals surface area contributed by atoms with Crippen molar-refractivity contribution < 1.29 is 19.5 Å². The van der Waals surface area contributed by atoms with Gasteiger partial charge in [-0.2, -0.15) is 0 Å². The second-order valence-corrected chi connectivity index (χ2v) is 5.64. The van der Waals surface area contributed by atoms with Gasteiger partial charge in [-0.25, -0.2) is 0 Å². The third kappa shape index (κ3) is 3.63. The van der Waals surface area contributed by atoms with Crippen LogP contribution in [0.3, 0.4) is 0 Å². The normalized spacial score (nSPS) is 17.9. The van der Waals surface area contributed by atoms with E-state index in [0.29, 0.717) is 30.6 Å². The molecule has 1 fully saturated rings. The van der Waals surface area contributed by atoms with Crippen molar-refractivity contribution >= 4 is 23.5 Å². The summed E-state index contributed by atoms with van der Waals surface area (Å²) < 4.78 is 0. The molecule has 0 spiro atoms. The minimum atomic E-state index is -0.861. The lowest BCUT2D eigenvalue weighted by atomic mass is 9.97. The fraction of sp³-hybridized carbons (Fsp3) is 0.438. The molecule has 2 N–H and O–H groups in total. The molecular weight excluding hydrogens is 284 g/mol. The van der Waals surface area contributed by atoms with Crippen LogP contribution in [0.25, 0.3) is 0 Å². The zero-order valence-electron chi connectivity index (χ0n) is 12.8. The lowest BCUT2D eigenvalue weighted by Gasteiger charge is -2.31. The number of benzene rings is 1. The molecule has 1 aliphatic heterocycles. The minimum Gasteiger partial charge on any atom is -0.481 e. The summed E-state index contributed by atoms with van der Waals surface area (Å²) in [6, 6.07) is 5.12. The van der Waals surface area contributed by atoms with Crippen molar-refractivity contribution in [1.82, 2.24) is 4.90 Å². The first kappa shape index (κ1) is 16.0. The number of carbonyl (C=O) groups is 3. The van der Waals surface area contributed by atoms with Gasteiger partial charge in [0.2, 0.25) is 5.91 Å². The number of nitrogens with one attached hydrogen (secondary N) is 1. The van der Waals surface area contributed by atoms with Crippen LogP contribution in [0.4, 0.5) is 5.69 Å². The van der Waals surface area contributed by atoms with Crippen molar-refractivity contribution in [3.8, 4) is 0 Å². The quantitative estimate of drug-likeness (QED) is 0.892. The van der Waals surface area contributed by atoms with E-state index in [0.717, 1.165) is 5.56 Å². The average molecular weight is 304 g/mol. The molecule has 1 aliphatic rings. The van der Waals surface area contributed by atoms with E-state index in [2.05, 4.69) is 5.32 Å². The molecule has 6 nitrogen and oxygen atoms in total. The van der Waals surface area contributed by atoms with Crippen LogP contribution in [0.5, 0.6) is 0 Å². The maximum atomic E-state index is 12.5. The fourth-order valence-corrected chi connectivity index (χ4v) is 2.63. The summed E-state index contributed by atoms with van der Waals surface area (Å²) in [4.78, 5) is 36.4. The Labute approximate surface area is 129 Å². The van der Waals surface area contributed by atoms with Crippen molar-refractivity contribution in [2.24, 2.45) is 5.92 Å². The van der Waals surface area contributed by atoms with Crippen LogP contribution < -0.4 is 5.32 Å². The second-order valence-electron chi connectivity index (χ2n) is 5.64. The fourth-order valence-electron chi connectivity index (χ4n) is 2.63. The first-order chi connectivity index (χ1) is 10.4. The molecule has 0 aromatic heterocycles. The van der Waals surface area contributed by atoms with E-state index in [1.807, 2.05) is 6.92 Å². The Balaban J connectivity index is 2.18. The Morgan fingerprint density at radius 2 is 2.05 bits per heavy atom. The number of nitrogens with zero attached hydrogens (tertiary/aromatic N) is 1. The van der Waals surface area contributed by atoms with Gasteiger partial charge < -0.3 is 15.3 Å². The zero-order chi connectivity index (χ0) is 16.3. The molecule has 0 bridgehead atoms. The molecule has 1 aromatic rings. The summed E-state index contributed by atoms with van der Waals surface area (Å²) in [6.07, 6.45) is 1.29. The highest BCUT2D eigenvalue weighted by Crippen LogP contribution is 2.22. The van der Waals surface area contributed by atoms with E-state index in [-0.39, 0.29) is 18.4 Å². The number of carboxylic acids is 1. The first-order valence-corrected chi connectivity index (χ1v) is 7.29. The Kier molecular flexibility index (Phi) is 4.80. The summed E-state index contributed by atoms with van der Waals surface area (Å²) in [6.45, 7) is 4.06. The SMILES string of the molecule is CC(=O)Nc1cc(C(=O)N2CCCC(C(=O)O)C2)ccc1C. The predicted octanol–water partition coefficient (Wildman–Crippen LogP) is 1.89. The number of carboxylic acid groups (broad SMARTS) is 1. The Bertz CT molecular complexity index is 612. The molecule has 118 valence electrons. The van der Waals surface area contributed by atoms with Gasteiger partial charge >= 0.3 is 5.97 Å². The van der Waals surface area contributed by atoms with Crippen LogP contribution in [0.15, 0.2) is 18.2 Å². The Hall–Kier alpha value is -2.37. The summed E-state index contributed by atoms with van der Waals surface area (Å²) in [5, 5.41) is 11.8. The molecule has 2 amide bonds. The van der Waals surface area contributed by atoms with Gasteiger partial charge in [-0.05, 0) is 37.5 Å². The van der Waals surface area contributed by atoms with Crippen LogP contribution in [-0.2, 0) is 9.59 Å². The summed E-state index contributed by atoms with van der Waals surface area (Å²) >= 11 is 0. The Morgan fingerprint density at radius 1 is 1.32 bits per heavy atom. The van der Waals surface area contributed by atoms with Crippen molar-refractivity contribution in [3.05, 3.63) is 29.3 Å². The highest BCUT2D eigenvalue weighted by atomic mass is 16.4. The monoisotopic (exact) mass is 304 g/mol. The molecule has 1 heterocycles. The van der Waals surface area contributed by atoms with Crippen LogP contribution in [0.2, 0.25) is 0 Å². The number of aryl methyl sites for hydroxylation is 1. The maximum absolute atomic E-state index is 12.5. The number of hydrogen-bond donors (Lipinski definition) is 2. The number of likely N-dealkylation sites (tertiary alicyclic amines) is 1. The molecule has 0 aliphatic carbocycles. The van der Waals surface area contributed by atoms with E-state index >= 15 is 0 Å². The molecule has 1 saturated heterocycles. The van der Waals surface area contributed by atoms with Crippen LogP contribution in [-0.4, -0.2) is 40.9 Å². The molecule has 22 heavy (non-hydrogen) atoms. The number of carbonyl (C=O) groups excluding carboxylic acids is 2. The largest absolute Gasteiger partial charge is 0.481 e. The van der Waals surface area contributed by atoms with Crippen LogP contribution in [0.1, 0.15) is 35.7 Å². The predicted molar refractivity (Wildman–Crippen MR) is 81.7 cm³/mol. The average Bonchev–Trinajstić information content (AvgIpc) is 2.48. The van der Waals surface area contributed by atoms with Crippen molar-refractivity contribution in [2.45, 2.75) is 26.7 Å². The standard InChI is InChI=1S/C16H20N2O4/c1-10-5-6-12(8-14(10)17-11(2)19)15(20)18-7-3-4-13(9-18)16(21)22/h5-6,8,13H,3-4,7,9H2,1-2H3,(H,17,19)(H,21,22). The van der Waals surface area contributed by atoms with Crippen LogP contribution in [0, 0.1) is 12.8 Å². The van der Waals surface area contributed by atoms with Crippen molar-refractivity contribution in [3.63, 3.8) is 0 Å². The second kappa shape index (κ2) is 6.60. The topological polar surface area (TPSA) is 86.7 Å². The Morgan fingerprint density at radius 3 is 2.68 bits per heavy atom. The van der Waals surface area contributed by atoms with Gasteiger partial charge in [-0.1, -0.05) is 6.07 Å². The van der Waals surface area contributed by atoms with Gasteiger partial charge in [0.1, 0.15) is 0 Å². The lowest BCUT2D eigenvalue weighted by Crippen LogP contribution is -2.42. The molecule has 0 saturated carbocycles. The molecule has 2 rings (SSSR count). The van der Waals surface area contributed by atoms with E-state index in [9.17, 15) is 14.4 Å². The van der Waals surface area contributed by atoms with E-state index in [4.69, 9.17) is 5.11 Å². The van der Waals surface area contributed by atoms with Gasteiger partial charge in [0.05, 0.1) is 5.92 Å². The molecule has 1 unspecified atom stereocenters. The van der Waals surface area contributed by atoms with Gasteiger partial charge in [-0.3, -0.25) is 14.4 Å².